The monoisotopic (exact) mass is 393 g/mol. The number of hydrogen-bond acceptors (Lipinski definition) is 5. The topological polar surface area (TPSA) is 85.6 Å². The van der Waals surface area contributed by atoms with Gasteiger partial charge in [0.2, 0.25) is 0 Å². The zero-order valence-corrected chi connectivity index (χ0v) is 16.9. The molecule has 29 heavy (non-hydrogen) atoms. The highest BCUT2D eigenvalue weighted by molar-refractivity contribution is 5.96. The molecular weight excluding hydrogens is 370 g/mol. The van der Waals surface area contributed by atoms with Gasteiger partial charge in [-0.25, -0.2) is 4.79 Å². The molecule has 6 nitrogen and oxygen atoms in total. The molecule has 0 aliphatic rings. The number of aryl methyl sites for hydroxylation is 4. The van der Waals surface area contributed by atoms with Gasteiger partial charge in [-0.05, 0) is 74.2 Å². The standard InChI is InChI=1S/C23H23NO5/c1-13-5-6-17(7-14(13)2)23(27)24-11-22(26)28-12-18-10-21(25)29-20-9-16(4)15(3)8-19(18)20/h5-10H,11-12H2,1-4H3,(H,24,27). The Kier molecular flexibility index (Phi) is 5.82. The summed E-state index contributed by atoms with van der Waals surface area (Å²) in [7, 11) is 0. The number of nitrogens with one attached hydrogen (secondary N) is 1. The molecule has 3 rings (SSSR count). The summed E-state index contributed by atoms with van der Waals surface area (Å²) in [6, 6.07) is 10.4. The minimum Gasteiger partial charge on any atom is -0.459 e. The highest BCUT2D eigenvalue weighted by atomic mass is 16.5. The largest absolute Gasteiger partial charge is 0.459 e. The Balaban J connectivity index is 1.65. The quantitative estimate of drug-likeness (QED) is 0.530. The Morgan fingerprint density at radius 2 is 1.62 bits per heavy atom. The Morgan fingerprint density at radius 3 is 2.34 bits per heavy atom. The first-order valence-corrected chi connectivity index (χ1v) is 9.29. The van der Waals surface area contributed by atoms with E-state index in [1.54, 1.807) is 18.2 Å². The average Bonchev–Trinajstić information content (AvgIpc) is 2.67. The van der Waals surface area contributed by atoms with E-state index in [9.17, 15) is 14.4 Å². The second kappa shape index (κ2) is 8.31. The van der Waals surface area contributed by atoms with Gasteiger partial charge in [-0.3, -0.25) is 9.59 Å². The van der Waals surface area contributed by atoms with Crippen LogP contribution in [0, 0.1) is 27.7 Å². The normalized spacial score (nSPS) is 10.8. The SMILES string of the molecule is Cc1ccc(C(=O)NCC(=O)OCc2cc(=O)oc3cc(C)c(C)cc23)cc1C. The van der Waals surface area contributed by atoms with Gasteiger partial charge in [0.1, 0.15) is 18.7 Å². The molecule has 1 N–H and O–H groups in total. The lowest BCUT2D eigenvalue weighted by Gasteiger charge is -2.10. The fourth-order valence-electron chi connectivity index (χ4n) is 2.95. The summed E-state index contributed by atoms with van der Waals surface area (Å²) in [6.45, 7) is 7.43. The zero-order valence-electron chi connectivity index (χ0n) is 16.9. The number of carbonyl (C=O) groups is 2. The molecule has 1 heterocycles. The van der Waals surface area contributed by atoms with Crippen molar-refractivity contribution in [1.29, 1.82) is 0 Å². The van der Waals surface area contributed by atoms with Gasteiger partial charge in [-0.15, -0.1) is 0 Å². The molecule has 0 saturated heterocycles. The van der Waals surface area contributed by atoms with Crippen LogP contribution in [-0.2, 0) is 16.1 Å². The summed E-state index contributed by atoms with van der Waals surface area (Å²) >= 11 is 0. The van der Waals surface area contributed by atoms with Gasteiger partial charge in [0.15, 0.2) is 0 Å². The van der Waals surface area contributed by atoms with Crippen LogP contribution in [0.4, 0.5) is 0 Å². The molecule has 3 aromatic rings. The van der Waals surface area contributed by atoms with E-state index in [-0.39, 0.29) is 19.1 Å². The molecule has 1 amide bonds. The van der Waals surface area contributed by atoms with Crippen molar-refractivity contribution in [3.05, 3.63) is 80.2 Å². The van der Waals surface area contributed by atoms with Crippen LogP contribution >= 0.6 is 0 Å². The molecule has 6 heteroatoms. The highest BCUT2D eigenvalue weighted by Crippen LogP contribution is 2.22. The van der Waals surface area contributed by atoms with Crippen molar-refractivity contribution in [2.24, 2.45) is 0 Å². The summed E-state index contributed by atoms with van der Waals surface area (Å²) in [5.41, 5.74) is 5.13. The van der Waals surface area contributed by atoms with Crippen molar-refractivity contribution in [3.63, 3.8) is 0 Å². The second-order valence-corrected chi connectivity index (χ2v) is 7.17. The fourth-order valence-corrected chi connectivity index (χ4v) is 2.95. The van der Waals surface area contributed by atoms with Crippen LogP contribution in [-0.4, -0.2) is 18.4 Å². The molecule has 0 saturated carbocycles. The molecule has 0 fully saturated rings. The van der Waals surface area contributed by atoms with Crippen LogP contribution in [0.5, 0.6) is 0 Å². The number of benzene rings is 2. The lowest BCUT2D eigenvalue weighted by atomic mass is 10.0. The Bertz CT molecular complexity index is 1160. The number of hydrogen-bond donors (Lipinski definition) is 1. The first kappa shape index (κ1) is 20.3. The van der Waals surface area contributed by atoms with Crippen LogP contribution in [0.25, 0.3) is 11.0 Å². The number of rotatable bonds is 5. The molecule has 0 bridgehead atoms. The van der Waals surface area contributed by atoms with E-state index in [1.807, 2.05) is 39.8 Å². The maximum absolute atomic E-state index is 12.2. The predicted molar refractivity (Wildman–Crippen MR) is 110 cm³/mol. The third-order valence-corrected chi connectivity index (χ3v) is 5.00. The number of ether oxygens (including phenoxy) is 1. The summed E-state index contributed by atoms with van der Waals surface area (Å²) < 4.78 is 10.5. The third kappa shape index (κ3) is 4.71. The minimum atomic E-state index is -0.590. The minimum absolute atomic E-state index is 0.0804. The van der Waals surface area contributed by atoms with Gasteiger partial charge in [-0.2, -0.15) is 0 Å². The first-order chi connectivity index (χ1) is 13.7. The molecule has 0 unspecified atom stereocenters. The van der Waals surface area contributed by atoms with E-state index >= 15 is 0 Å². The summed E-state index contributed by atoms with van der Waals surface area (Å²) in [4.78, 5) is 36.1. The highest BCUT2D eigenvalue weighted by Gasteiger charge is 2.12. The zero-order chi connectivity index (χ0) is 21.1. The number of carbonyl (C=O) groups excluding carboxylic acids is 2. The van der Waals surface area contributed by atoms with Gasteiger partial charge in [0.25, 0.3) is 5.91 Å². The van der Waals surface area contributed by atoms with E-state index in [0.29, 0.717) is 16.7 Å². The lowest BCUT2D eigenvalue weighted by molar-refractivity contribution is -0.143. The number of esters is 1. The maximum atomic E-state index is 12.2. The van der Waals surface area contributed by atoms with E-state index in [4.69, 9.17) is 9.15 Å². The fraction of sp³-hybridized carbons (Fsp3) is 0.261. The van der Waals surface area contributed by atoms with Crippen molar-refractivity contribution in [1.82, 2.24) is 5.32 Å². The molecule has 0 aliphatic carbocycles. The molecule has 0 radical (unpaired) electrons. The lowest BCUT2D eigenvalue weighted by Crippen LogP contribution is -2.30. The van der Waals surface area contributed by atoms with Crippen molar-refractivity contribution in [2.45, 2.75) is 34.3 Å². The maximum Gasteiger partial charge on any atom is 0.336 e. The van der Waals surface area contributed by atoms with Crippen LogP contribution in [0.2, 0.25) is 0 Å². The van der Waals surface area contributed by atoms with Gasteiger partial charge in [0, 0.05) is 22.6 Å². The third-order valence-electron chi connectivity index (χ3n) is 5.00. The summed E-state index contributed by atoms with van der Waals surface area (Å²) in [5.74, 6) is -0.936. The summed E-state index contributed by atoms with van der Waals surface area (Å²) in [5, 5.41) is 3.27. The van der Waals surface area contributed by atoms with Crippen LogP contribution < -0.4 is 10.9 Å². The van der Waals surface area contributed by atoms with Crippen LogP contribution in [0.15, 0.2) is 45.6 Å². The van der Waals surface area contributed by atoms with Gasteiger partial charge in [-0.1, -0.05) is 6.07 Å². The van der Waals surface area contributed by atoms with Crippen molar-refractivity contribution < 1.29 is 18.7 Å². The summed E-state index contributed by atoms with van der Waals surface area (Å²) in [6.07, 6.45) is 0. The van der Waals surface area contributed by atoms with Gasteiger partial charge >= 0.3 is 11.6 Å². The average molecular weight is 393 g/mol. The molecular formula is C23H23NO5. The number of amides is 1. The van der Waals surface area contributed by atoms with E-state index in [0.717, 1.165) is 27.6 Å². The molecule has 0 atom stereocenters. The predicted octanol–water partition coefficient (Wildman–Crippen LogP) is 3.50. The Labute approximate surface area is 168 Å². The number of fused-ring (bicyclic) bond motifs is 1. The Morgan fingerprint density at radius 1 is 0.931 bits per heavy atom. The molecule has 0 aliphatic heterocycles. The molecule has 1 aromatic heterocycles. The van der Waals surface area contributed by atoms with Crippen molar-refractivity contribution in [3.8, 4) is 0 Å². The van der Waals surface area contributed by atoms with Gasteiger partial charge in [0.05, 0.1) is 0 Å². The smallest absolute Gasteiger partial charge is 0.336 e. The first-order valence-electron chi connectivity index (χ1n) is 9.29. The van der Waals surface area contributed by atoms with Crippen LogP contribution in [0.3, 0.4) is 0 Å². The van der Waals surface area contributed by atoms with Crippen molar-refractivity contribution >= 4 is 22.8 Å². The Hall–Kier alpha value is -3.41. The van der Waals surface area contributed by atoms with E-state index in [1.165, 1.54) is 6.07 Å². The second-order valence-electron chi connectivity index (χ2n) is 7.17. The van der Waals surface area contributed by atoms with Crippen molar-refractivity contribution in [2.75, 3.05) is 6.54 Å². The van der Waals surface area contributed by atoms with E-state index in [2.05, 4.69) is 5.32 Å². The van der Waals surface area contributed by atoms with Gasteiger partial charge < -0.3 is 14.5 Å². The molecule has 150 valence electrons. The van der Waals surface area contributed by atoms with Crippen LogP contribution in [0.1, 0.15) is 38.2 Å². The molecule has 2 aromatic carbocycles. The van der Waals surface area contributed by atoms with E-state index < -0.39 is 11.6 Å². The molecule has 0 spiro atoms.